The number of aryl methyl sites for hydroxylation is 1. The molecule has 0 spiro atoms. The van der Waals surface area contributed by atoms with Crippen molar-refractivity contribution < 1.29 is 9.84 Å². The Bertz CT molecular complexity index is 261. The molecule has 1 atom stereocenters. The lowest BCUT2D eigenvalue weighted by molar-refractivity contribution is 0.184. The van der Waals surface area contributed by atoms with Gasteiger partial charge in [-0.1, -0.05) is 0 Å². The highest BCUT2D eigenvalue weighted by Gasteiger charge is 2.00. The predicted molar refractivity (Wildman–Crippen MR) is 50.8 cm³/mol. The van der Waals surface area contributed by atoms with Gasteiger partial charge in [-0.05, 0) is 25.8 Å². The third kappa shape index (κ3) is 3.42. The molecular weight excluding hydrogens is 166 g/mol. The number of ether oxygens (including phenoxy) is 1. The van der Waals surface area contributed by atoms with Crippen LogP contribution in [-0.4, -0.2) is 23.3 Å². The van der Waals surface area contributed by atoms with Crippen LogP contribution in [0.15, 0.2) is 18.3 Å². The summed E-state index contributed by atoms with van der Waals surface area (Å²) >= 11 is 0. The van der Waals surface area contributed by atoms with Gasteiger partial charge in [0, 0.05) is 18.0 Å². The minimum atomic E-state index is -0.270. The molecule has 1 heterocycles. The van der Waals surface area contributed by atoms with Crippen LogP contribution in [0.3, 0.4) is 0 Å². The quantitative estimate of drug-likeness (QED) is 0.763. The number of rotatable bonds is 4. The highest BCUT2D eigenvalue weighted by Crippen LogP contribution is 2.11. The SMILES string of the molecule is COc1ccnc(CC[C@H](C)O)c1. The van der Waals surface area contributed by atoms with Gasteiger partial charge in [-0.3, -0.25) is 4.98 Å². The van der Waals surface area contributed by atoms with Crippen molar-refractivity contribution in [2.45, 2.75) is 25.9 Å². The second-order valence-corrected chi connectivity index (χ2v) is 3.07. The number of hydrogen-bond donors (Lipinski definition) is 1. The first-order valence-corrected chi connectivity index (χ1v) is 4.39. The summed E-state index contributed by atoms with van der Waals surface area (Å²) < 4.78 is 5.06. The highest BCUT2D eigenvalue weighted by atomic mass is 16.5. The van der Waals surface area contributed by atoms with E-state index in [-0.39, 0.29) is 6.10 Å². The first-order valence-electron chi connectivity index (χ1n) is 4.39. The molecule has 0 aromatic carbocycles. The predicted octanol–water partition coefficient (Wildman–Crippen LogP) is 1.40. The van der Waals surface area contributed by atoms with Crippen molar-refractivity contribution in [1.29, 1.82) is 0 Å². The average Bonchev–Trinajstić information content (AvgIpc) is 2.15. The van der Waals surface area contributed by atoms with Gasteiger partial charge >= 0.3 is 0 Å². The average molecular weight is 181 g/mol. The Morgan fingerprint density at radius 2 is 2.38 bits per heavy atom. The van der Waals surface area contributed by atoms with Crippen LogP contribution in [0.1, 0.15) is 19.0 Å². The largest absolute Gasteiger partial charge is 0.497 e. The maximum atomic E-state index is 9.08. The Hall–Kier alpha value is -1.09. The summed E-state index contributed by atoms with van der Waals surface area (Å²) in [6, 6.07) is 3.70. The Labute approximate surface area is 78.4 Å². The zero-order valence-electron chi connectivity index (χ0n) is 8.03. The summed E-state index contributed by atoms with van der Waals surface area (Å²) in [6.07, 6.45) is 2.97. The second-order valence-electron chi connectivity index (χ2n) is 3.07. The van der Waals surface area contributed by atoms with Gasteiger partial charge in [-0.25, -0.2) is 0 Å². The highest BCUT2D eigenvalue weighted by molar-refractivity contribution is 5.22. The minimum Gasteiger partial charge on any atom is -0.497 e. The lowest BCUT2D eigenvalue weighted by Crippen LogP contribution is -2.02. The maximum Gasteiger partial charge on any atom is 0.122 e. The summed E-state index contributed by atoms with van der Waals surface area (Å²) in [5.41, 5.74) is 0.959. The van der Waals surface area contributed by atoms with Gasteiger partial charge in [-0.2, -0.15) is 0 Å². The molecule has 0 aliphatic heterocycles. The van der Waals surface area contributed by atoms with E-state index in [0.717, 1.165) is 24.3 Å². The van der Waals surface area contributed by atoms with Crippen LogP contribution in [0.25, 0.3) is 0 Å². The molecule has 1 N–H and O–H groups in total. The van der Waals surface area contributed by atoms with Gasteiger partial charge in [0.25, 0.3) is 0 Å². The van der Waals surface area contributed by atoms with Crippen LogP contribution in [0.5, 0.6) is 5.75 Å². The molecule has 0 radical (unpaired) electrons. The van der Waals surface area contributed by atoms with E-state index in [1.54, 1.807) is 20.2 Å². The van der Waals surface area contributed by atoms with Crippen molar-refractivity contribution in [3.8, 4) is 5.75 Å². The summed E-state index contributed by atoms with van der Waals surface area (Å²) in [5.74, 6) is 0.815. The number of hydrogen-bond acceptors (Lipinski definition) is 3. The molecule has 0 unspecified atom stereocenters. The lowest BCUT2D eigenvalue weighted by atomic mass is 10.1. The molecule has 0 saturated carbocycles. The van der Waals surface area contributed by atoms with E-state index >= 15 is 0 Å². The van der Waals surface area contributed by atoms with E-state index in [2.05, 4.69) is 4.98 Å². The maximum absolute atomic E-state index is 9.08. The molecular formula is C10H15NO2. The van der Waals surface area contributed by atoms with Gasteiger partial charge in [0.2, 0.25) is 0 Å². The van der Waals surface area contributed by atoms with Crippen LogP contribution < -0.4 is 4.74 Å². The number of nitrogens with zero attached hydrogens (tertiary/aromatic N) is 1. The topological polar surface area (TPSA) is 42.4 Å². The fourth-order valence-corrected chi connectivity index (χ4v) is 1.08. The molecule has 3 nitrogen and oxygen atoms in total. The van der Waals surface area contributed by atoms with Crippen molar-refractivity contribution in [2.75, 3.05) is 7.11 Å². The van der Waals surface area contributed by atoms with E-state index in [0.29, 0.717) is 0 Å². The molecule has 1 rings (SSSR count). The molecule has 3 heteroatoms. The number of aromatic nitrogens is 1. The fraction of sp³-hybridized carbons (Fsp3) is 0.500. The van der Waals surface area contributed by atoms with Crippen molar-refractivity contribution >= 4 is 0 Å². The molecule has 1 aromatic heterocycles. The molecule has 0 aliphatic carbocycles. The van der Waals surface area contributed by atoms with Crippen molar-refractivity contribution in [1.82, 2.24) is 4.98 Å². The molecule has 0 fully saturated rings. The number of methoxy groups -OCH3 is 1. The van der Waals surface area contributed by atoms with E-state index in [4.69, 9.17) is 9.84 Å². The Kier molecular flexibility index (Phi) is 3.71. The summed E-state index contributed by atoms with van der Waals surface area (Å²) in [6.45, 7) is 1.78. The standard InChI is InChI=1S/C10H15NO2/c1-8(12)3-4-9-7-10(13-2)5-6-11-9/h5-8,12H,3-4H2,1-2H3/t8-/m0/s1. The van der Waals surface area contributed by atoms with Crippen LogP contribution in [0.2, 0.25) is 0 Å². The first-order chi connectivity index (χ1) is 6.22. The Morgan fingerprint density at radius 1 is 1.62 bits per heavy atom. The molecule has 13 heavy (non-hydrogen) atoms. The van der Waals surface area contributed by atoms with Gasteiger partial charge in [-0.15, -0.1) is 0 Å². The molecule has 72 valence electrons. The van der Waals surface area contributed by atoms with Gasteiger partial charge in [0.05, 0.1) is 13.2 Å². The minimum absolute atomic E-state index is 0.270. The van der Waals surface area contributed by atoms with Crippen molar-refractivity contribution in [3.05, 3.63) is 24.0 Å². The zero-order valence-corrected chi connectivity index (χ0v) is 8.03. The Balaban J connectivity index is 2.56. The normalized spacial score (nSPS) is 12.5. The molecule has 0 aliphatic rings. The smallest absolute Gasteiger partial charge is 0.122 e. The second kappa shape index (κ2) is 4.82. The van der Waals surface area contributed by atoms with Gasteiger partial charge < -0.3 is 9.84 Å². The molecule has 1 aromatic rings. The van der Waals surface area contributed by atoms with Crippen LogP contribution in [0, 0.1) is 0 Å². The first kappa shape index (κ1) is 9.99. The zero-order chi connectivity index (χ0) is 9.68. The van der Waals surface area contributed by atoms with Gasteiger partial charge in [0.15, 0.2) is 0 Å². The molecule has 0 saturated heterocycles. The third-order valence-electron chi connectivity index (χ3n) is 1.84. The summed E-state index contributed by atoms with van der Waals surface area (Å²) in [5, 5.41) is 9.08. The number of aliphatic hydroxyl groups excluding tert-OH is 1. The summed E-state index contributed by atoms with van der Waals surface area (Å²) in [4.78, 5) is 4.17. The monoisotopic (exact) mass is 181 g/mol. The van der Waals surface area contributed by atoms with Crippen molar-refractivity contribution in [3.63, 3.8) is 0 Å². The van der Waals surface area contributed by atoms with Crippen LogP contribution in [0.4, 0.5) is 0 Å². The van der Waals surface area contributed by atoms with E-state index in [1.807, 2.05) is 12.1 Å². The Morgan fingerprint density at radius 3 is 3.00 bits per heavy atom. The third-order valence-corrected chi connectivity index (χ3v) is 1.84. The lowest BCUT2D eigenvalue weighted by Gasteiger charge is -2.04. The fourth-order valence-electron chi connectivity index (χ4n) is 1.08. The van der Waals surface area contributed by atoms with Crippen molar-refractivity contribution in [2.24, 2.45) is 0 Å². The van der Waals surface area contributed by atoms with E-state index in [9.17, 15) is 0 Å². The van der Waals surface area contributed by atoms with Gasteiger partial charge in [0.1, 0.15) is 5.75 Å². The number of aliphatic hydroxyl groups is 1. The molecule has 0 amide bonds. The van der Waals surface area contributed by atoms with E-state index in [1.165, 1.54) is 0 Å². The van der Waals surface area contributed by atoms with Crippen LogP contribution >= 0.6 is 0 Å². The number of pyridine rings is 1. The van der Waals surface area contributed by atoms with Crippen LogP contribution in [-0.2, 0) is 6.42 Å². The molecule has 0 bridgehead atoms. The summed E-state index contributed by atoms with van der Waals surface area (Å²) in [7, 11) is 1.63. The van der Waals surface area contributed by atoms with E-state index < -0.39 is 0 Å².